The van der Waals surface area contributed by atoms with E-state index in [9.17, 15) is 0 Å². The molecule has 0 amide bonds. The molecule has 1 rings (SSSR count). The average molecular weight is 317 g/mol. The molecule has 0 nitrogen and oxygen atoms in total. The molecule has 9 heavy (non-hydrogen) atoms. The summed E-state index contributed by atoms with van der Waals surface area (Å²) in [7, 11) is 0. The Hall–Kier alpha value is 0.402. The van der Waals surface area contributed by atoms with Crippen LogP contribution in [0.2, 0.25) is 13.4 Å². The summed E-state index contributed by atoms with van der Waals surface area (Å²) in [5, 5.41) is 0. The molecule has 1 aliphatic carbocycles. The van der Waals surface area contributed by atoms with Crippen molar-refractivity contribution >= 4 is 21.2 Å². The van der Waals surface area contributed by atoms with Gasteiger partial charge in [-0.05, 0) is 0 Å². The van der Waals surface area contributed by atoms with Crippen molar-refractivity contribution in [3.8, 4) is 0 Å². The van der Waals surface area contributed by atoms with Crippen LogP contribution in [0.1, 0.15) is 6.42 Å². The van der Waals surface area contributed by atoms with E-state index < -0.39 is 21.2 Å². The van der Waals surface area contributed by atoms with Crippen LogP contribution in [0.4, 0.5) is 0 Å². The van der Waals surface area contributed by atoms with Gasteiger partial charge in [0, 0.05) is 0 Å². The minimum atomic E-state index is -1.73. The van der Waals surface area contributed by atoms with E-state index in [0.29, 0.717) is 0 Å². The zero-order chi connectivity index (χ0) is 6.91. The molecule has 0 N–H and O–H groups in total. The van der Waals surface area contributed by atoms with Crippen molar-refractivity contribution < 1.29 is 0 Å². The average Bonchev–Trinajstić information content (AvgIpc) is 2.08. The molecule has 0 spiro atoms. The SMILES string of the molecule is [CH3][Pb]([CH3])([CH3])[C]1=CCC=C1. The molecule has 1 aliphatic rings. The molecule has 0 heterocycles. The summed E-state index contributed by atoms with van der Waals surface area (Å²) in [4.78, 5) is 0. The van der Waals surface area contributed by atoms with Crippen molar-refractivity contribution in [2.45, 2.75) is 19.9 Å². The predicted molar refractivity (Wildman–Crippen MR) is 45.2 cm³/mol. The molecule has 0 saturated heterocycles. The Balaban J connectivity index is 2.73. The fourth-order valence-corrected chi connectivity index (χ4v) is 6.25. The third kappa shape index (κ3) is 1.92. The first kappa shape index (κ1) is 7.51. The summed E-state index contributed by atoms with van der Waals surface area (Å²) in [6.07, 6.45) is 8.16. The van der Waals surface area contributed by atoms with Gasteiger partial charge in [0.1, 0.15) is 0 Å². The van der Waals surface area contributed by atoms with Crippen LogP contribution in [0.3, 0.4) is 0 Å². The Labute approximate surface area is 62.3 Å². The topological polar surface area (TPSA) is 0 Å². The van der Waals surface area contributed by atoms with Gasteiger partial charge in [0.15, 0.2) is 0 Å². The van der Waals surface area contributed by atoms with Gasteiger partial charge in [0.25, 0.3) is 0 Å². The molecular weight excluding hydrogens is 303 g/mol. The van der Waals surface area contributed by atoms with Gasteiger partial charge in [-0.2, -0.15) is 0 Å². The molecule has 0 atom stereocenters. The van der Waals surface area contributed by atoms with Crippen molar-refractivity contribution in [2.75, 3.05) is 0 Å². The maximum absolute atomic E-state index is 2.47. The Morgan fingerprint density at radius 1 is 1.33 bits per heavy atom. The van der Waals surface area contributed by atoms with E-state index in [1.54, 1.807) is 3.13 Å². The molecule has 0 aromatic rings. The number of hydrogen-bond acceptors (Lipinski definition) is 0. The van der Waals surface area contributed by atoms with E-state index >= 15 is 0 Å². The zero-order valence-corrected chi connectivity index (χ0v) is 10.3. The van der Waals surface area contributed by atoms with Crippen LogP contribution in [-0.2, 0) is 0 Å². The first-order valence-corrected chi connectivity index (χ1v) is 17.1. The second-order valence-electron chi connectivity index (χ2n) is 3.55. The van der Waals surface area contributed by atoms with Crippen LogP contribution in [0, 0.1) is 0 Å². The van der Waals surface area contributed by atoms with Gasteiger partial charge >= 0.3 is 62.4 Å². The van der Waals surface area contributed by atoms with Gasteiger partial charge in [0.05, 0.1) is 0 Å². The Bertz CT molecular complexity index is 158. The normalized spacial score (nSPS) is 18.3. The fourth-order valence-electron chi connectivity index (χ4n) is 1.01. The van der Waals surface area contributed by atoms with E-state index in [-0.39, 0.29) is 0 Å². The van der Waals surface area contributed by atoms with Gasteiger partial charge in [-0.1, -0.05) is 0 Å². The quantitative estimate of drug-likeness (QED) is 0.653. The molecule has 50 valence electrons. The van der Waals surface area contributed by atoms with Crippen LogP contribution >= 0.6 is 0 Å². The molecule has 0 fully saturated rings. The summed E-state index contributed by atoms with van der Waals surface area (Å²) in [5.74, 6) is 0. The standard InChI is InChI=1S/C5H5.3CH3.Pb/c1-2-4-5-3-1;;;;/h1-2,5H,3H2;3*1H3;. The Morgan fingerprint density at radius 2 is 2.00 bits per heavy atom. The van der Waals surface area contributed by atoms with E-state index in [1.807, 2.05) is 0 Å². The van der Waals surface area contributed by atoms with Gasteiger partial charge in [0.2, 0.25) is 0 Å². The molecule has 0 aromatic carbocycles. The minimum absolute atomic E-state index is 1.19. The van der Waals surface area contributed by atoms with Crippen LogP contribution in [-0.4, -0.2) is 21.2 Å². The number of rotatable bonds is 1. The monoisotopic (exact) mass is 318 g/mol. The summed E-state index contributed by atoms with van der Waals surface area (Å²) < 4.78 is 9.10. The molecular formula is C8H14Pb. The molecule has 0 unspecified atom stereocenters. The van der Waals surface area contributed by atoms with E-state index in [2.05, 4.69) is 31.7 Å². The number of hydrogen-bond donors (Lipinski definition) is 0. The van der Waals surface area contributed by atoms with Gasteiger partial charge in [-0.3, -0.25) is 0 Å². The third-order valence-electron chi connectivity index (χ3n) is 1.64. The molecule has 0 bridgehead atoms. The Kier molecular flexibility index (Phi) is 2.14. The van der Waals surface area contributed by atoms with Crippen LogP contribution < -0.4 is 0 Å². The first-order valence-electron chi connectivity index (χ1n) is 3.48. The summed E-state index contributed by atoms with van der Waals surface area (Å²) in [5.41, 5.74) is 0. The number of allylic oxidation sites excluding steroid dienone is 4. The maximum atomic E-state index is 2.47. The summed E-state index contributed by atoms with van der Waals surface area (Å²) in [6, 6.07) is 0. The van der Waals surface area contributed by atoms with Crippen LogP contribution in [0.5, 0.6) is 0 Å². The van der Waals surface area contributed by atoms with Crippen molar-refractivity contribution in [1.82, 2.24) is 0 Å². The van der Waals surface area contributed by atoms with Crippen molar-refractivity contribution in [1.29, 1.82) is 0 Å². The zero-order valence-electron chi connectivity index (χ0n) is 6.44. The molecule has 0 aliphatic heterocycles. The first-order chi connectivity index (χ1) is 4.11. The van der Waals surface area contributed by atoms with Gasteiger partial charge < -0.3 is 0 Å². The molecule has 0 saturated carbocycles. The fraction of sp³-hybridized carbons (Fsp3) is 0.500. The van der Waals surface area contributed by atoms with Gasteiger partial charge in [-0.15, -0.1) is 0 Å². The third-order valence-corrected chi connectivity index (χ3v) is 9.81. The predicted octanol–water partition coefficient (Wildman–Crippen LogP) is 2.75. The van der Waals surface area contributed by atoms with Gasteiger partial charge in [-0.25, -0.2) is 0 Å². The summed E-state index contributed by atoms with van der Waals surface area (Å²) >= 11 is -1.73. The Morgan fingerprint density at radius 3 is 2.22 bits per heavy atom. The molecule has 0 aromatic heterocycles. The van der Waals surface area contributed by atoms with Crippen LogP contribution in [0.15, 0.2) is 21.4 Å². The molecule has 1 heteroatoms. The van der Waals surface area contributed by atoms with Crippen molar-refractivity contribution in [2.24, 2.45) is 0 Å². The second kappa shape index (κ2) is 2.56. The van der Waals surface area contributed by atoms with Crippen molar-refractivity contribution in [3.05, 3.63) is 21.4 Å². The van der Waals surface area contributed by atoms with Crippen LogP contribution in [0.25, 0.3) is 0 Å². The van der Waals surface area contributed by atoms with E-state index in [1.165, 1.54) is 6.42 Å². The molecule has 0 radical (unpaired) electrons. The van der Waals surface area contributed by atoms with Crippen molar-refractivity contribution in [3.63, 3.8) is 0 Å². The summed E-state index contributed by atoms with van der Waals surface area (Å²) in [6.45, 7) is 0. The van der Waals surface area contributed by atoms with E-state index in [4.69, 9.17) is 0 Å². The second-order valence-corrected chi connectivity index (χ2v) is 23.3. The van der Waals surface area contributed by atoms with E-state index in [0.717, 1.165) is 0 Å².